The number of benzene rings is 2. The van der Waals surface area contributed by atoms with E-state index in [0.717, 1.165) is 22.0 Å². The van der Waals surface area contributed by atoms with Gasteiger partial charge in [0.1, 0.15) is 5.82 Å². The van der Waals surface area contributed by atoms with Gasteiger partial charge in [0.25, 0.3) is 0 Å². The Morgan fingerprint density at radius 1 is 0.933 bits per heavy atom. The van der Waals surface area contributed by atoms with Crippen LogP contribution in [0.4, 0.5) is 5.82 Å². The van der Waals surface area contributed by atoms with Crippen molar-refractivity contribution in [3.05, 3.63) is 67.0 Å². The van der Waals surface area contributed by atoms with Gasteiger partial charge in [0.2, 0.25) is 0 Å². The molecule has 2 heterocycles. The topological polar surface area (TPSA) is 99.8 Å². The lowest BCUT2D eigenvalue weighted by Crippen LogP contribution is -2.40. The van der Waals surface area contributed by atoms with Crippen LogP contribution in [0.15, 0.2) is 71.9 Å². The second-order valence-corrected chi connectivity index (χ2v) is 9.24. The van der Waals surface area contributed by atoms with E-state index in [9.17, 15) is 4.55 Å². The number of nitrogens with one attached hydrogen (secondary N) is 1. The third-order valence-electron chi connectivity index (χ3n) is 4.42. The monoisotopic (exact) mass is 417 g/mol. The van der Waals surface area contributed by atoms with Gasteiger partial charge in [-0.3, -0.25) is 4.98 Å². The van der Waals surface area contributed by atoms with Crippen LogP contribution in [0, 0.1) is 0 Å². The van der Waals surface area contributed by atoms with Gasteiger partial charge in [0.05, 0.1) is 34.0 Å². The van der Waals surface area contributed by atoms with Crippen molar-refractivity contribution in [3.8, 4) is 22.5 Å². The van der Waals surface area contributed by atoms with Crippen molar-refractivity contribution in [2.75, 3.05) is 5.73 Å². The van der Waals surface area contributed by atoms with Gasteiger partial charge in [-0.05, 0) is 38.0 Å². The average Bonchev–Trinajstić information content (AvgIpc) is 2.73. The lowest BCUT2D eigenvalue weighted by atomic mass is 10.0. The number of anilines is 1. The minimum atomic E-state index is -1.40. The summed E-state index contributed by atoms with van der Waals surface area (Å²) in [5, 5.41) is 0.814. The molecule has 0 amide bonds. The first-order chi connectivity index (χ1) is 14.3. The summed E-state index contributed by atoms with van der Waals surface area (Å²) in [6, 6.07) is 17.7. The van der Waals surface area contributed by atoms with Crippen molar-refractivity contribution in [2.45, 2.75) is 31.2 Å². The highest BCUT2D eigenvalue weighted by Crippen LogP contribution is 2.32. The summed E-state index contributed by atoms with van der Waals surface area (Å²) in [6.07, 6.45) is 3.23. The molecule has 30 heavy (non-hydrogen) atoms. The zero-order valence-corrected chi connectivity index (χ0v) is 17.9. The van der Waals surface area contributed by atoms with Crippen molar-refractivity contribution in [1.29, 1.82) is 0 Å². The predicted octanol–water partition coefficient (Wildman–Crippen LogP) is 4.35. The first-order valence-electron chi connectivity index (χ1n) is 9.58. The maximum absolute atomic E-state index is 12.6. The van der Waals surface area contributed by atoms with E-state index in [0.29, 0.717) is 22.1 Å². The number of aromatic nitrogens is 3. The second kappa shape index (κ2) is 8.02. The molecular formula is C23H23N5OS. The normalized spacial score (nSPS) is 12.8. The first kappa shape index (κ1) is 20.3. The molecule has 0 radical (unpaired) electrons. The van der Waals surface area contributed by atoms with Crippen LogP contribution in [0.1, 0.15) is 20.8 Å². The molecule has 4 rings (SSSR count). The molecule has 7 heteroatoms. The standard InChI is InChI=1S/C23H23N5OS/c1-23(2,3)28-30(29)17-12-16(13-25-14-17)22-26-19-11-7-10-18(20(19)21(24)27-22)15-8-5-4-6-9-15/h4-14,28H,1-3H3,(H2,24,26,27). The Labute approximate surface area is 178 Å². The van der Waals surface area contributed by atoms with Gasteiger partial charge < -0.3 is 10.3 Å². The number of fused-ring (bicyclic) bond motifs is 1. The molecule has 0 spiro atoms. The molecule has 0 aliphatic rings. The number of rotatable bonds is 4. The van der Waals surface area contributed by atoms with E-state index in [1.165, 1.54) is 0 Å². The third kappa shape index (κ3) is 4.28. The summed E-state index contributed by atoms with van der Waals surface area (Å²) in [4.78, 5) is 14.0. The lowest BCUT2D eigenvalue weighted by Gasteiger charge is -2.21. The third-order valence-corrected chi connectivity index (χ3v) is 5.87. The average molecular weight is 418 g/mol. The number of nitrogen functional groups attached to an aromatic ring is 1. The van der Waals surface area contributed by atoms with Crippen LogP contribution < -0.4 is 10.5 Å². The number of nitrogens with zero attached hydrogens (tertiary/aromatic N) is 3. The Morgan fingerprint density at radius 3 is 2.43 bits per heavy atom. The van der Waals surface area contributed by atoms with E-state index < -0.39 is 11.4 Å². The van der Waals surface area contributed by atoms with Crippen molar-refractivity contribution in [2.24, 2.45) is 0 Å². The van der Waals surface area contributed by atoms with E-state index in [4.69, 9.17) is 10.7 Å². The SMILES string of the molecule is CC(C)(C)N[S+]([O-])c1cncc(-c2nc(N)c3c(-c4ccccc4)cccc3n2)c1. The van der Waals surface area contributed by atoms with Gasteiger partial charge in [-0.25, -0.2) is 9.97 Å². The molecule has 152 valence electrons. The van der Waals surface area contributed by atoms with Gasteiger partial charge in [0.15, 0.2) is 10.7 Å². The maximum Gasteiger partial charge on any atom is 0.192 e. The van der Waals surface area contributed by atoms with Crippen LogP contribution in [-0.4, -0.2) is 25.0 Å². The zero-order valence-electron chi connectivity index (χ0n) is 17.1. The Bertz CT molecular complexity index is 1190. The summed E-state index contributed by atoms with van der Waals surface area (Å²) in [7, 11) is 0. The van der Waals surface area contributed by atoms with Gasteiger partial charge in [0, 0.05) is 17.8 Å². The summed E-state index contributed by atoms with van der Waals surface area (Å²) >= 11 is -1.40. The Morgan fingerprint density at radius 2 is 1.70 bits per heavy atom. The van der Waals surface area contributed by atoms with Crippen LogP contribution in [0.2, 0.25) is 0 Å². The number of nitrogens with two attached hydrogens (primary N) is 1. The summed E-state index contributed by atoms with van der Waals surface area (Å²) < 4.78 is 15.7. The van der Waals surface area contributed by atoms with Gasteiger partial charge in [-0.2, -0.15) is 0 Å². The highest BCUT2D eigenvalue weighted by molar-refractivity contribution is 7.89. The Kier molecular flexibility index (Phi) is 5.42. The van der Waals surface area contributed by atoms with E-state index in [1.807, 2.05) is 69.3 Å². The zero-order chi connectivity index (χ0) is 21.3. The highest BCUT2D eigenvalue weighted by atomic mass is 32.2. The summed E-state index contributed by atoms with van der Waals surface area (Å²) in [5.74, 6) is 0.848. The van der Waals surface area contributed by atoms with Crippen LogP contribution in [-0.2, 0) is 11.4 Å². The molecule has 0 saturated carbocycles. The fourth-order valence-corrected chi connectivity index (χ4v) is 4.24. The van der Waals surface area contributed by atoms with Crippen LogP contribution in [0.5, 0.6) is 0 Å². The van der Waals surface area contributed by atoms with Crippen LogP contribution in [0.3, 0.4) is 0 Å². The van der Waals surface area contributed by atoms with Gasteiger partial charge in [-0.1, -0.05) is 42.5 Å². The minimum Gasteiger partial charge on any atom is -0.593 e. The molecule has 0 aliphatic carbocycles. The van der Waals surface area contributed by atoms with Crippen molar-refractivity contribution < 1.29 is 4.55 Å². The quantitative estimate of drug-likeness (QED) is 0.479. The number of hydrogen-bond acceptors (Lipinski definition) is 6. The van der Waals surface area contributed by atoms with Crippen molar-refractivity contribution in [1.82, 2.24) is 19.7 Å². The van der Waals surface area contributed by atoms with Crippen LogP contribution >= 0.6 is 0 Å². The number of hydrogen-bond donors (Lipinski definition) is 2. The van der Waals surface area contributed by atoms with Gasteiger partial charge in [-0.15, -0.1) is 4.72 Å². The molecule has 0 fully saturated rings. The molecule has 2 aromatic heterocycles. The van der Waals surface area contributed by atoms with Gasteiger partial charge >= 0.3 is 0 Å². The largest absolute Gasteiger partial charge is 0.593 e. The molecule has 3 N–H and O–H groups in total. The Hall–Kier alpha value is -3.00. The minimum absolute atomic E-state index is 0.293. The molecule has 1 atom stereocenters. The molecular weight excluding hydrogens is 394 g/mol. The lowest BCUT2D eigenvalue weighted by molar-refractivity contribution is 0.491. The molecule has 6 nitrogen and oxygen atoms in total. The summed E-state index contributed by atoms with van der Waals surface area (Å²) in [5.41, 5.74) is 9.53. The maximum atomic E-state index is 12.6. The fraction of sp³-hybridized carbons (Fsp3) is 0.174. The molecule has 0 bridgehead atoms. The molecule has 0 aliphatic heterocycles. The predicted molar refractivity (Wildman–Crippen MR) is 122 cm³/mol. The smallest absolute Gasteiger partial charge is 0.192 e. The van der Waals surface area contributed by atoms with Crippen molar-refractivity contribution in [3.63, 3.8) is 0 Å². The molecule has 4 aromatic rings. The van der Waals surface area contributed by atoms with E-state index >= 15 is 0 Å². The molecule has 0 saturated heterocycles. The molecule has 2 aromatic carbocycles. The van der Waals surface area contributed by atoms with Crippen molar-refractivity contribution >= 4 is 28.1 Å². The second-order valence-electron chi connectivity index (χ2n) is 8.03. The van der Waals surface area contributed by atoms with E-state index in [1.54, 1.807) is 18.5 Å². The molecule has 1 unspecified atom stereocenters. The van der Waals surface area contributed by atoms with E-state index in [2.05, 4.69) is 14.7 Å². The van der Waals surface area contributed by atoms with Crippen LogP contribution in [0.25, 0.3) is 33.4 Å². The highest BCUT2D eigenvalue weighted by Gasteiger charge is 2.22. The summed E-state index contributed by atoms with van der Waals surface area (Å²) in [6.45, 7) is 5.87. The Balaban J connectivity index is 1.77. The number of pyridine rings is 1. The van der Waals surface area contributed by atoms with E-state index in [-0.39, 0.29) is 5.54 Å². The first-order valence-corrected chi connectivity index (χ1v) is 10.7. The fourth-order valence-electron chi connectivity index (χ4n) is 3.18.